The molecule has 2 saturated carbocycles. The predicted molar refractivity (Wildman–Crippen MR) is 150 cm³/mol. The first-order valence-corrected chi connectivity index (χ1v) is 15.2. The van der Waals surface area contributed by atoms with E-state index in [0.29, 0.717) is 34.5 Å². The lowest BCUT2D eigenvalue weighted by molar-refractivity contribution is 0.482. The van der Waals surface area contributed by atoms with Crippen molar-refractivity contribution in [3.8, 4) is 11.3 Å². The number of pyridine rings is 1. The van der Waals surface area contributed by atoms with E-state index in [9.17, 15) is 13.2 Å². The second-order valence-corrected chi connectivity index (χ2v) is 12.8. The van der Waals surface area contributed by atoms with Crippen LogP contribution in [0.2, 0.25) is 0 Å². The highest BCUT2D eigenvalue weighted by Gasteiger charge is 2.33. The summed E-state index contributed by atoms with van der Waals surface area (Å²) in [4.78, 5) is 41.2. The van der Waals surface area contributed by atoms with Crippen molar-refractivity contribution in [1.29, 1.82) is 0 Å². The van der Waals surface area contributed by atoms with Crippen LogP contribution in [0.5, 0.6) is 0 Å². The molecule has 0 saturated heterocycles. The van der Waals surface area contributed by atoms with Crippen molar-refractivity contribution in [2.45, 2.75) is 69.9 Å². The van der Waals surface area contributed by atoms with Gasteiger partial charge in [0.1, 0.15) is 0 Å². The van der Waals surface area contributed by atoms with Gasteiger partial charge < -0.3 is 11.1 Å². The number of hydrogen-bond acceptors (Lipinski definition) is 11. The highest BCUT2D eigenvalue weighted by atomic mass is 32.2. The molecule has 3 N–H and O–H groups in total. The van der Waals surface area contributed by atoms with Crippen molar-refractivity contribution < 1.29 is 8.42 Å². The molecule has 0 bridgehead atoms. The molecule has 2 aliphatic rings. The summed E-state index contributed by atoms with van der Waals surface area (Å²) >= 11 is 0. The van der Waals surface area contributed by atoms with Crippen LogP contribution < -0.4 is 16.6 Å². The van der Waals surface area contributed by atoms with Crippen LogP contribution in [0.4, 0.5) is 11.8 Å². The zero-order valence-electron chi connectivity index (χ0n) is 22.6. The Kier molecular flexibility index (Phi) is 6.48. The van der Waals surface area contributed by atoms with Crippen molar-refractivity contribution in [3.05, 3.63) is 52.0 Å². The molecular formula is C27H31N9O3S. The van der Waals surface area contributed by atoms with E-state index in [1.165, 1.54) is 12.3 Å². The zero-order chi connectivity index (χ0) is 28.2. The number of fused-ring (bicyclic) bond motifs is 1. The highest BCUT2D eigenvalue weighted by molar-refractivity contribution is 7.91. The summed E-state index contributed by atoms with van der Waals surface area (Å²) < 4.78 is 25.9. The Bertz CT molecular complexity index is 1780. The minimum atomic E-state index is -3.34. The Morgan fingerprint density at radius 3 is 2.50 bits per heavy atom. The molecule has 2 aliphatic carbocycles. The molecule has 6 rings (SSSR count). The first-order valence-electron chi connectivity index (χ1n) is 13.5. The van der Waals surface area contributed by atoms with Crippen molar-refractivity contribution in [1.82, 2.24) is 34.5 Å². The molecule has 13 heteroatoms. The van der Waals surface area contributed by atoms with E-state index in [2.05, 4.69) is 30.2 Å². The first kappa shape index (κ1) is 26.2. The smallest absolute Gasteiger partial charge is 0.295 e. The molecule has 0 aromatic carbocycles. The van der Waals surface area contributed by atoms with Crippen LogP contribution in [0, 0.1) is 12.8 Å². The molecule has 2 fully saturated rings. The fourth-order valence-electron chi connectivity index (χ4n) is 5.01. The third kappa shape index (κ3) is 4.89. The number of nitrogens with two attached hydrogens (primary N) is 1. The molecule has 4 aromatic heterocycles. The number of nitrogen functional groups attached to an aromatic ring is 1. The Morgan fingerprint density at radius 1 is 1.07 bits per heavy atom. The molecule has 40 heavy (non-hydrogen) atoms. The van der Waals surface area contributed by atoms with Crippen molar-refractivity contribution in [2.24, 2.45) is 5.92 Å². The molecule has 12 nitrogen and oxygen atoms in total. The van der Waals surface area contributed by atoms with Crippen molar-refractivity contribution in [3.63, 3.8) is 0 Å². The largest absolute Gasteiger partial charge is 0.368 e. The van der Waals surface area contributed by atoms with Gasteiger partial charge in [-0.25, -0.2) is 33.3 Å². The van der Waals surface area contributed by atoms with E-state index in [4.69, 9.17) is 10.7 Å². The van der Waals surface area contributed by atoms with Gasteiger partial charge in [-0.2, -0.15) is 0 Å². The van der Waals surface area contributed by atoms with Gasteiger partial charge in [-0.05, 0) is 57.6 Å². The minimum Gasteiger partial charge on any atom is -0.368 e. The summed E-state index contributed by atoms with van der Waals surface area (Å²) in [7, 11) is -3.34. The molecule has 4 aromatic rings. The van der Waals surface area contributed by atoms with Gasteiger partial charge in [0, 0.05) is 23.7 Å². The Balaban J connectivity index is 1.39. The molecule has 0 aliphatic heterocycles. The fourth-order valence-corrected chi connectivity index (χ4v) is 5.83. The number of rotatable bonds is 9. The average Bonchev–Trinajstić information content (AvgIpc) is 3.85. The van der Waals surface area contributed by atoms with Crippen LogP contribution in [-0.4, -0.2) is 48.6 Å². The fraction of sp³-hybridized carbons (Fsp3) is 0.444. The topological polar surface area (TPSA) is 172 Å². The first-order chi connectivity index (χ1) is 19.2. The number of hydrogen-bond donors (Lipinski definition) is 2. The summed E-state index contributed by atoms with van der Waals surface area (Å²) in [6.07, 6.45) is 7.15. The summed E-state index contributed by atoms with van der Waals surface area (Å²) in [6.45, 7) is 5.69. The van der Waals surface area contributed by atoms with Crippen LogP contribution in [-0.2, 0) is 16.4 Å². The third-order valence-electron chi connectivity index (χ3n) is 7.64. The molecule has 208 valence electrons. The highest BCUT2D eigenvalue weighted by Crippen LogP contribution is 2.44. The molecule has 0 radical (unpaired) electrons. The normalized spacial score (nSPS) is 16.3. The molecule has 4 heterocycles. The Hall–Kier alpha value is -4.00. The summed E-state index contributed by atoms with van der Waals surface area (Å²) in [5.41, 5.74) is 10.00. The maximum Gasteiger partial charge on any atom is 0.295 e. The van der Waals surface area contributed by atoms with Gasteiger partial charge >= 0.3 is 0 Å². The SMILES string of the molecule is CCS(=O)(=O)c1ccc(CNc2nc3ncc(-c4c(C)nc(N)nc4C4CC4)nc3n(C(C)C3CC3)c2=O)nc1. The summed E-state index contributed by atoms with van der Waals surface area (Å²) in [5.74, 6) is 1.07. The number of nitrogens with zero attached hydrogens (tertiary/aromatic N) is 7. The lowest BCUT2D eigenvalue weighted by Gasteiger charge is -2.19. The Morgan fingerprint density at radius 2 is 1.85 bits per heavy atom. The van der Waals surface area contributed by atoms with Crippen LogP contribution in [0.15, 0.2) is 34.2 Å². The van der Waals surface area contributed by atoms with Gasteiger partial charge in [0.2, 0.25) is 5.95 Å². The predicted octanol–water partition coefficient (Wildman–Crippen LogP) is 3.18. The second-order valence-electron chi connectivity index (χ2n) is 10.6. The number of aromatic nitrogens is 7. The van der Waals surface area contributed by atoms with Gasteiger partial charge in [-0.3, -0.25) is 14.3 Å². The van der Waals surface area contributed by atoms with Gasteiger partial charge in [-0.15, -0.1) is 0 Å². The maximum atomic E-state index is 13.8. The van der Waals surface area contributed by atoms with E-state index in [1.54, 1.807) is 23.8 Å². The molecule has 0 spiro atoms. The maximum absolute atomic E-state index is 13.8. The van der Waals surface area contributed by atoms with Crippen molar-refractivity contribution >= 4 is 32.9 Å². The molecule has 0 amide bonds. The standard InChI is InChI=1S/C27H31N9O3S/c1-4-40(38,39)19-10-9-18(29-12-19)11-30-24-26(37)36(15(3)16-5-6-16)25-23(35-24)31-13-20(33-25)21-14(2)32-27(28)34-22(21)17-7-8-17/h9-10,12-13,15-17H,4-8,11H2,1-3H3,(H2,28,32,34)(H,30,31,35). The van der Waals surface area contributed by atoms with Crippen molar-refractivity contribution in [2.75, 3.05) is 16.8 Å². The summed E-state index contributed by atoms with van der Waals surface area (Å²) in [5, 5.41) is 3.08. The van der Waals surface area contributed by atoms with E-state index >= 15 is 0 Å². The van der Waals surface area contributed by atoms with E-state index in [0.717, 1.165) is 42.6 Å². The van der Waals surface area contributed by atoms with Gasteiger partial charge in [0.25, 0.3) is 5.56 Å². The molecule has 1 unspecified atom stereocenters. The molecular weight excluding hydrogens is 530 g/mol. The molecule has 1 atom stereocenters. The summed E-state index contributed by atoms with van der Waals surface area (Å²) in [6, 6.07) is 3.06. The van der Waals surface area contributed by atoms with Crippen LogP contribution in [0.3, 0.4) is 0 Å². The zero-order valence-corrected chi connectivity index (χ0v) is 23.4. The van der Waals surface area contributed by atoms with Crippen LogP contribution >= 0.6 is 0 Å². The van der Waals surface area contributed by atoms with E-state index in [1.807, 2.05) is 13.8 Å². The third-order valence-corrected chi connectivity index (χ3v) is 9.36. The number of aryl methyl sites for hydroxylation is 1. The van der Waals surface area contributed by atoms with Gasteiger partial charge in [0.05, 0.1) is 46.2 Å². The quantitative estimate of drug-likeness (QED) is 0.307. The van der Waals surface area contributed by atoms with Crippen LogP contribution in [0.1, 0.15) is 68.6 Å². The Labute approximate surface area is 231 Å². The second kappa shape index (κ2) is 9.88. The van der Waals surface area contributed by atoms with Gasteiger partial charge in [0.15, 0.2) is 26.9 Å². The van der Waals surface area contributed by atoms with Gasteiger partial charge in [-0.1, -0.05) is 6.92 Å². The lowest BCUT2D eigenvalue weighted by Crippen LogP contribution is -2.29. The van der Waals surface area contributed by atoms with E-state index < -0.39 is 9.84 Å². The van der Waals surface area contributed by atoms with Crippen LogP contribution in [0.25, 0.3) is 22.6 Å². The minimum absolute atomic E-state index is 0.00156. The monoisotopic (exact) mass is 561 g/mol. The van der Waals surface area contributed by atoms with E-state index in [-0.39, 0.29) is 40.6 Å². The lowest BCUT2D eigenvalue weighted by atomic mass is 10.1. The number of nitrogens with one attached hydrogen (secondary N) is 1. The average molecular weight is 562 g/mol. The number of sulfone groups is 1. The number of anilines is 2.